The van der Waals surface area contributed by atoms with Crippen LogP contribution < -0.4 is 15.2 Å². The molecule has 1 N–H and O–H groups in total. The van der Waals surface area contributed by atoms with E-state index in [-0.39, 0.29) is 11.9 Å². The molecular weight excluding hydrogens is 402 g/mol. The summed E-state index contributed by atoms with van der Waals surface area (Å²) in [5.41, 5.74) is 5.30. The number of hydrogen-bond donors (Lipinski definition) is 1. The minimum Gasteiger partial charge on any atom is -0.303 e. The van der Waals surface area contributed by atoms with Gasteiger partial charge in [0.2, 0.25) is 0 Å². The van der Waals surface area contributed by atoms with E-state index in [4.69, 9.17) is 0 Å². The smallest absolute Gasteiger partial charge is 0.303 e. The lowest BCUT2D eigenvalue weighted by Gasteiger charge is -2.25. The number of hydrazine groups is 1. The van der Waals surface area contributed by atoms with Gasteiger partial charge in [-0.2, -0.15) is 0 Å². The molecule has 0 spiro atoms. The van der Waals surface area contributed by atoms with E-state index in [2.05, 4.69) is 24.2 Å². The second kappa shape index (κ2) is 9.87. The van der Waals surface area contributed by atoms with Crippen LogP contribution in [-0.2, 0) is 4.79 Å². The van der Waals surface area contributed by atoms with Crippen molar-refractivity contribution in [2.24, 2.45) is 0 Å². The predicted octanol–water partition coefficient (Wildman–Crippen LogP) is 4.47. The lowest BCUT2D eigenvalue weighted by Crippen LogP contribution is -2.38. The maximum absolute atomic E-state index is 13.3. The molecule has 0 radical (unpaired) electrons. The number of carbonyl (C=O) groups excluding carboxylic acids is 2. The van der Waals surface area contributed by atoms with Crippen LogP contribution in [0.4, 0.5) is 21.9 Å². The molecule has 32 heavy (non-hydrogen) atoms. The molecule has 7 heteroatoms. The van der Waals surface area contributed by atoms with Gasteiger partial charge in [0.15, 0.2) is 0 Å². The predicted molar refractivity (Wildman–Crippen MR) is 127 cm³/mol. The highest BCUT2D eigenvalue weighted by atomic mass is 16.2. The normalized spacial score (nSPS) is 15.5. The Labute approximate surface area is 189 Å². The SMILES string of the molecule is CCCN(CCC)CCCN1NC2=CC(=O)N(c3ccccc3)c3ccccc3N2C1=O. The average molecular weight is 434 g/mol. The second-order valence-electron chi connectivity index (χ2n) is 8.10. The van der Waals surface area contributed by atoms with Gasteiger partial charge in [-0.25, -0.2) is 14.7 Å². The standard InChI is InChI=1S/C25H31N5O2/c1-3-15-27(16-4-2)17-10-18-28-25(32)30-22-14-9-8-13-21(22)29(20-11-6-5-7-12-20)24(31)19-23(30)26-28/h5-9,11-14,19,26H,3-4,10,15-18H2,1-2H3. The summed E-state index contributed by atoms with van der Waals surface area (Å²) in [7, 11) is 0. The van der Waals surface area contributed by atoms with Crippen LogP contribution in [0.2, 0.25) is 0 Å². The van der Waals surface area contributed by atoms with Gasteiger partial charge < -0.3 is 4.90 Å². The summed E-state index contributed by atoms with van der Waals surface area (Å²) in [4.78, 5) is 32.3. The van der Waals surface area contributed by atoms with Gasteiger partial charge in [-0.15, -0.1) is 0 Å². The molecule has 2 aromatic carbocycles. The van der Waals surface area contributed by atoms with Crippen molar-refractivity contribution in [2.75, 3.05) is 36.0 Å². The molecule has 0 unspecified atom stereocenters. The van der Waals surface area contributed by atoms with Gasteiger partial charge in [-0.1, -0.05) is 44.2 Å². The third-order valence-corrected chi connectivity index (χ3v) is 5.71. The van der Waals surface area contributed by atoms with Gasteiger partial charge in [-0.05, 0) is 63.2 Å². The van der Waals surface area contributed by atoms with Gasteiger partial charge in [0, 0.05) is 18.3 Å². The van der Waals surface area contributed by atoms with Gasteiger partial charge in [0.25, 0.3) is 5.91 Å². The number of benzene rings is 2. The quantitative estimate of drug-likeness (QED) is 0.634. The molecule has 168 valence electrons. The van der Waals surface area contributed by atoms with E-state index in [1.54, 1.807) is 14.8 Å². The van der Waals surface area contributed by atoms with Crippen molar-refractivity contribution in [1.29, 1.82) is 0 Å². The summed E-state index contributed by atoms with van der Waals surface area (Å²) in [6.45, 7) is 8.05. The molecule has 0 bridgehead atoms. The van der Waals surface area contributed by atoms with Crippen molar-refractivity contribution in [2.45, 2.75) is 33.1 Å². The summed E-state index contributed by atoms with van der Waals surface area (Å²) in [6.07, 6.45) is 4.62. The third-order valence-electron chi connectivity index (χ3n) is 5.71. The molecule has 1 fully saturated rings. The molecule has 2 aliphatic heterocycles. The van der Waals surface area contributed by atoms with Crippen molar-refractivity contribution >= 4 is 29.0 Å². The number of urea groups is 1. The number of rotatable bonds is 9. The Morgan fingerprint density at radius 1 is 0.812 bits per heavy atom. The van der Waals surface area contributed by atoms with Crippen molar-refractivity contribution in [3.8, 4) is 0 Å². The Morgan fingerprint density at radius 2 is 1.44 bits per heavy atom. The van der Waals surface area contributed by atoms with Crippen LogP contribution in [0.25, 0.3) is 0 Å². The molecule has 4 rings (SSSR count). The summed E-state index contributed by atoms with van der Waals surface area (Å²) >= 11 is 0. The van der Waals surface area contributed by atoms with E-state index < -0.39 is 0 Å². The Kier molecular flexibility index (Phi) is 6.75. The molecule has 3 amide bonds. The van der Waals surface area contributed by atoms with Gasteiger partial charge >= 0.3 is 6.03 Å². The van der Waals surface area contributed by atoms with Crippen LogP contribution in [0.1, 0.15) is 33.1 Å². The van der Waals surface area contributed by atoms with E-state index >= 15 is 0 Å². The number of nitrogens with one attached hydrogen (secondary N) is 1. The zero-order valence-corrected chi connectivity index (χ0v) is 18.8. The summed E-state index contributed by atoms with van der Waals surface area (Å²) in [6, 6.07) is 16.9. The van der Waals surface area contributed by atoms with Gasteiger partial charge in [0.05, 0.1) is 11.4 Å². The highest BCUT2D eigenvalue weighted by Crippen LogP contribution is 2.40. The number of carbonyl (C=O) groups is 2. The number of nitrogens with zero attached hydrogens (tertiary/aromatic N) is 4. The number of fused-ring (bicyclic) bond motifs is 3. The number of hydrogen-bond acceptors (Lipinski definition) is 4. The van der Waals surface area contributed by atoms with Crippen LogP contribution in [0.3, 0.4) is 0 Å². The van der Waals surface area contributed by atoms with Crippen LogP contribution in [0, 0.1) is 0 Å². The number of amides is 3. The highest BCUT2D eigenvalue weighted by Gasteiger charge is 2.39. The van der Waals surface area contributed by atoms with Gasteiger partial charge in [0.1, 0.15) is 5.82 Å². The first-order valence-electron chi connectivity index (χ1n) is 11.4. The molecular formula is C25H31N5O2. The molecule has 7 nitrogen and oxygen atoms in total. The van der Waals surface area contributed by atoms with E-state index in [1.165, 1.54) is 6.08 Å². The van der Waals surface area contributed by atoms with Crippen molar-refractivity contribution in [3.63, 3.8) is 0 Å². The van der Waals surface area contributed by atoms with Crippen molar-refractivity contribution in [1.82, 2.24) is 15.3 Å². The average Bonchev–Trinajstić information content (AvgIpc) is 3.03. The summed E-state index contributed by atoms with van der Waals surface area (Å²) < 4.78 is 0. The Bertz CT molecular complexity index is 985. The van der Waals surface area contributed by atoms with Gasteiger partial charge in [-0.3, -0.25) is 15.1 Å². The lowest BCUT2D eigenvalue weighted by molar-refractivity contribution is -0.113. The first-order chi connectivity index (χ1) is 15.6. The first kappa shape index (κ1) is 21.9. The lowest BCUT2D eigenvalue weighted by atomic mass is 10.2. The first-order valence-corrected chi connectivity index (χ1v) is 11.4. The minimum absolute atomic E-state index is 0.163. The monoisotopic (exact) mass is 433 g/mol. The fraction of sp³-hybridized carbons (Fsp3) is 0.360. The van der Waals surface area contributed by atoms with Crippen LogP contribution >= 0.6 is 0 Å². The molecule has 0 atom stereocenters. The van der Waals surface area contributed by atoms with Crippen molar-refractivity contribution < 1.29 is 9.59 Å². The molecule has 2 aliphatic rings. The maximum Gasteiger partial charge on any atom is 0.349 e. The minimum atomic E-state index is -0.194. The Morgan fingerprint density at radius 3 is 2.09 bits per heavy atom. The van der Waals surface area contributed by atoms with Crippen LogP contribution in [0.15, 0.2) is 66.5 Å². The number of anilines is 3. The van der Waals surface area contributed by atoms with E-state index in [0.29, 0.717) is 23.7 Å². The van der Waals surface area contributed by atoms with E-state index in [9.17, 15) is 9.59 Å². The Balaban J connectivity index is 1.56. The zero-order valence-electron chi connectivity index (χ0n) is 18.8. The fourth-order valence-corrected chi connectivity index (χ4v) is 4.35. The fourth-order valence-electron chi connectivity index (χ4n) is 4.35. The second-order valence-corrected chi connectivity index (χ2v) is 8.10. The largest absolute Gasteiger partial charge is 0.349 e. The van der Waals surface area contributed by atoms with E-state index in [1.807, 2.05) is 54.6 Å². The molecule has 0 aliphatic carbocycles. The van der Waals surface area contributed by atoms with Crippen LogP contribution in [-0.4, -0.2) is 48.0 Å². The molecule has 0 aromatic heterocycles. The van der Waals surface area contributed by atoms with Crippen LogP contribution in [0.5, 0.6) is 0 Å². The van der Waals surface area contributed by atoms with Crippen molar-refractivity contribution in [3.05, 3.63) is 66.5 Å². The number of para-hydroxylation sites is 3. The highest BCUT2D eigenvalue weighted by molar-refractivity contribution is 6.15. The molecule has 2 aromatic rings. The maximum atomic E-state index is 13.3. The zero-order chi connectivity index (χ0) is 22.5. The molecule has 2 heterocycles. The molecule has 0 saturated carbocycles. The molecule has 1 saturated heterocycles. The summed E-state index contributed by atoms with van der Waals surface area (Å²) in [5, 5.41) is 1.62. The Hall–Kier alpha value is -3.32. The topological polar surface area (TPSA) is 59.1 Å². The van der Waals surface area contributed by atoms with E-state index in [0.717, 1.165) is 44.6 Å². The third kappa shape index (κ3) is 4.34. The summed E-state index contributed by atoms with van der Waals surface area (Å²) in [5.74, 6) is 0.297.